The van der Waals surface area contributed by atoms with Gasteiger partial charge >= 0.3 is 11.8 Å². The minimum Gasteiger partial charge on any atom is -0.506 e. The zero-order valence-electron chi connectivity index (χ0n) is 10.8. The van der Waals surface area contributed by atoms with Gasteiger partial charge in [-0.05, 0) is 36.8 Å². The summed E-state index contributed by atoms with van der Waals surface area (Å²) in [5.41, 5.74) is 1.02. The topological polar surface area (TPSA) is 91.3 Å². The van der Waals surface area contributed by atoms with Crippen molar-refractivity contribution in [3.05, 3.63) is 48.2 Å². The van der Waals surface area contributed by atoms with Gasteiger partial charge in [0.05, 0.1) is 5.69 Å². The third-order valence-electron chi connectivity index (χ3n) is 2.51. The fourth-order valence-corrected chi connectivity index (χ4v) is 1.54. The van der Waals surface area contributed by atoms with Crippen LogP contribution in [-0.2, 0) is 9.59 Å². The number of hydrogen-bond donors (Lipinski definition) is 3. The van der Waals surface area contributed by atoms with Gasteiger partial charge in [0.1, 0.15) is 11.6 Å². The number of nitrogens with zero attached hydrogens (tertiary/aromatic N) is 1. The SMILES string of the molecule is Cc1ccc(NC(=O)C(=O)Nc2ccccn2)c(O)c1. The molecule has 0 aliphatic rings. The maximum absolute atomic E-state index is 11.7. The molecule has 1 aromatic carbocycles. The second kappa shape index (κ2) is 5.83. The normalized spacial score (nSPS) is 9.85. The number of pyridine rings is 1. The zero-order chi connectivity index (χ0) is 14.5. The highest BCUT2D eigenvalue weighted by Crippen LogP contribution is 2.23. The highest BCUT2D eigenvalue weighted by atomic mass is 16.3. The average Bonchev–Trinajstić information content (AvgIpc) is 2.43. The van der Waals surface area contributed by atoms with Crippen molar-refractivity contribution in [2.24, 2.45) is 0 Å². The number of rotatable bonds is 2. The third kappa shape index (κ3) is 3.32. The van der Waals surface area contributed by atoms with E-state index >= 15 is 0 Å². The first-order valence-corrected chi connectivity index (χ1v) is 5.89. The van der Waals surface area contributed by atoms with Crippen LogP contribution in [0.2, 0.25) is 0 Å². The summed E-state index contributed by atoms with van der Waals surface area (Å²) in [7, 11) is 0. The second-order valence-corrected chi connectivity index (χ2v) is 4.14. The molecule has 0 aliphatic heterocycles. The van der Waals surface area contributed by atoms with E-state index in [2.05, 4.69) is 15.6 Å². The molecule has 0 aliphatic carbocycles. The Hall–Kier alpha value is -2.89. The number of anilines is 2. The lowest BCUT2D eigenvalue weighted by atomic mass is 10.2. The first-order chi connectivity index (χ1) is 9.56. The quantitative estimate of drug-likeness (QED) is 0.572. The minimum atomic E-state index is -0.880. The van der Waals surface area contributed by atoms with Crippen LogP contribution < -0.4 is 10.6 Å². The average molecular weight is 271 g/mol. The van der Waals surface area contributed by atoms with Crippen LogP contribution in [0.4, 0.5) is 11.5 Å². The third-order valence-corrected chi connectivity index (χ3v) is 2.51. The number of carbonyl (C=O) groups excluding carboxylic acids is 2. The molecule has 0 saturated carbocycles. The predicted octanol–water partition coefficient (Wildman–Crippen LogP) is 1.67. The molecular weight excluding hydrogens is 258 g/mol. The number of phenolic OH excluding ortho intramolecular Hbond substituents is 1. The number of nitrogens with one attached hydrogen (secondary N) is 2. The van der Waals surface area contributed by atoms with Crippen LogP contribution >= 0.6 is 0 Å². The highest BCUT2D eigenvalue weighted by molar-refractivity contribution is 6.43. The molecule has 6 heteroatoms. The first kappa shape index (κ1) is 13.5. The Morgan fingerprint density at radius 2 is 1.85 bits per heavy atom. The van der Waals surface area contributed by atoms with Crippen LogP contribution in [0.25, 0.3) is 0 Å². The number of amides is 2. The number of aromatic hydroxyl groups is 1. The van der Waals surface area contributed by atoms with E-state index in [1.807, 2.05) is 0 Å². The number of phenols is 1. The van der Waals surface area contributed by atoms with Gasteiger partial charge in [0.2, 0.25) is 0 Å². The molecule has 6 nitrogen and oxygen atoms in total. The maximum Gasteiger partial charge on any atom is 0.315 e. The molecule has 2 amide bonds. The molecular formula is C14H13N3O3. The standard InChI is InChI=1S/C14H13N3O3/c1-9-5-6-10(11(18)8-9)16-13(19)14(20)17-12-4-2-3-7-15-12/h2-8,18H,1H3,(H,16,19)(H,15,17,20). The molecule has 0 bridgehead atoms. The van der Waals surface area contributed by atoms with Gasteiger partial charge in [-0.3, -0.25) is 9.59 Å². The summed E-state index contributed by atoms with van der Waals surface area (Å²) < 4.78 is 0. The van der Waals surface area contributed by atoms with E-state index in [0.717, 1.165) is 5.56 Å². The Kier molecular flexibility index (Phi) is 3.95. The monoisotopic (exact) mass is 271 g/mol. The molecule has 0 radical (unpaired) electrons. The molecule has 2 rings (SSSR count). The molecule has 0 spiro atoms. The molecule has 1 heterocycles. The van der Waals surface area contributed by atoms with Crippen LogP contribution in [0, 0.1) is 6.92 Å². The van der Waals surface area contributed by atoms with Gasteiger partial charge in [-0.1, -0.05) is 12.1 Å². The number of benzene rings is 1. The van der Waals surface area contributed by atoms with Gasteiger partial charge in [-0.15, -0.1) is 0 Å². The van der Waals surface area contributed by atoms with Crippen molar-refractivity contribution in [1.29, 1.82) is 0 Å². The van der Waals surface area contributed by atoms with Gasteiger partial charge in [-0.25, -0.2) is 4.98 Å². The predicted molar refractivity (Wildman–Crippen MR) is 74.3 cm³/mol. The molecule has 102 valence electrons. The van der Waals surface area contributed by atoms with Crippen molar-refractivity contribution < 1.29 is 14.7 Å². The van der Waals surface area contributed by atoms with E-state index < -0.39 is 11.8 Å². The Morgan fingerprint density at radius 3 is 2.50 bits per heavy atom. The van der Waals surface area contributed by atoms with E-state index in [1.54, 1.807) is 31.2 Å². The first-order valence-electron chi connectivity index (χ1n) is 5.89. The Balaban J connectivity index is 2.03. The highest BCUT2D eigenvalue weighted by Gasteiger charge is 2.15. The van der Waals surface area contributed by atoms with Crippen molar-refractivity contribution in [3.63, 3.8) is 0 Å². The lowest BCUT2D eigenvalue weighted by molar-refractivity contribution is -0.133. The van der Waals surface area contributed by atoms with E-state index in [0.29, 0.717) is 0 Å². The Labute approximate surface area is 115 Å². The summed E-state index contributed by atoms with van der Waals surface area (Å²) in [6, 6.07) is 9.68. The Bertz CT molecular complexity index is 641. The number of aromatic nitrogens is 1. The van der Waals surface area contributed by atoms with Crippen LogP contribution in [0.3, 0.4) is 0 Å². The molecule has 0 atom stereocenters. The van der Waals surface area contributed by atoms with E-state index in [9.17, 15) is 14.7 Å². The summed E-state index contributed by atoms with van der Waals surface area (Å²) in [6.07, 6.45) is 1.50. The maximum atomic E-state index is 11.7. The largest absolute Gasteiger partial charge is 0.506 e. The summed E-state index contributed by atoms with van der Waals surface area (Å²) in [5.74, 6) is -1.55. The molecule has 20 heavy (non-hydrogen) atoms. The van der Waals surface area contributed by atoms with E-state index in [4.69, 9.17) is 0 Å². The summed E-state index contributed by atoms with van der Waals surface area (Å²) >= 11 is 0. The number of aryl methyl sites for hydroxylation is 1. The lowest BCUT2D eigenvalue weighted by Crippen LogP contribution is -2.29. The van der Waals surface area contributed by atoms with Crippen LogP contribution in [0.5, 0.6) is 5.75 Å². The van der Waals surface area contributed by atoms with Gasteiger partial charge < -0.3 is 15.7 Å². The number of carbonyl (C=O) groups is 2. The van der Waals surface area contributed by atoms with Gasteiger partial charge in [-0.2, -0.15) is 0 Å². The van der Waals surface area contributed by atoms with Gasteiger partial charge in [0, 0.05) is 6.20 Å². The van der Waals surface area contributed by atoms with Crippen molar-refractivity contribution in [2.45, 2.75) is 6.92 Å². The summed E-state index contributed by atoms with van der Waals surface area (Å²) in [4.78, 5) is 27.2. The zero-order valence-corrected chi connectivity index (χ0v) is 10.8. The smallest absolute Gasteiger partial charge is 0.315 e. The van der Waals surface area contributed by atoms with E-state index in [-0.39, 0.29) is 17.3 Å². The van der Waals surface area contributed by atoms with Gasteiger partial charge in [0.15, 0.2) is 0 Å². The molecule has 2 aromatic rings. The van der Waals surface area contributed by atoms with Crippen molar-refractivity contribution in [1.82, 2.24) is 4.98 Å². The lowest BCUT2D eigenvalue weighted by Gasteiger charge is -2.08. The fourth-order valence-electron chi connectivity index (χ4n) is 1.54. The second-order valence-electron chi connectivity index (χ2n) is 4.14. The molecule has 0 fully saturated rings. The van der Waals surface area contributed by atoms with Crippen molar-refractivity contribution >= 4 is 23.3 Å². The molecule has 0 unspecified atom stereocenters. The minimum absolute atomic E-state index is 0.0935. The van der Waals surface area contributed by atoms with Gasteiger partial charge in [0.25, 0.3) is 0 Å². The summed E-state index contributed by atoms with van der Waals surface area (Å²) in [6.45, 7) is 1.80. The number of hydrogen-bond acceptors (Lipinski definition) is 4. The molecule has 3 N–H and O–H groups in total. The fraction of sp³-hybridized carbons (Fsp3) is 0.0714. The molecule has 0 saturated heterocycles. The molecule has 1 aromatic heterocycles. The van der Waals surface area contributed by atoms with Crippen LogP contribution in [-0.4, -0.2) is 21.9 Å². The van der Waals surface area contributed by atoms with Crippen LogP contribution in [0.1, 0.15) is 5.56 Å². The van der Waals surface area contributed by atoms with Crippen molar-refractivity contribution in [3.8, 4) is 5.75 Å². The summed E-state index contributed by atoms with van der Waals surface area (Å²) in [5, 5.41) is 14.3. The van der Waals surface area contributed by atoms with E-state index in [1.165, 1.54) is 18.3 Å². The Morgan fingerprint density at radius 1 is 1.10 bits per heavy atom. The van der Waals surface area contributed by atoms with Crippen molar-refractivity contribution in [2.75, 3.05) is 10.6 Å². The van der Waals surface area contributed by atoms with Crippen LogP contribution in [0.15, 0.2) is 42.6 Å².